The van der Waals surface area contributed by atoms with Crippen LogP contribution in [0.2, 0.25) is 0 Å². The van der Waals surface area contributed by atoms with Gasteiger partial charge in [-0.05, 0) is 63.8 Å². The number of hydrogen-bond donors (Lipinski definition) is 1. The third kappa shape index (κ3) is 5.54. The van der Waals surface area contributed by atoms with E-state index in [0.717, 1.165) is 29.3 Å². The molecule has 0 aliphatic carbocycles. The fourth-order valence-electron chi connectivity index (χ4n) is 1.69. The van der Waals surface area contributed by atoms with Gasteiger partial charge in [-0.25, -0.2) is 0 Å². The average Bonchev–Trinajstić information content (AvgIpc) is 2.30. The molecule has 1 rings (SSSR count). The van der Waals surface area contributed by atoms with Crippen molar-refractivity contribution in [2.24, 2.45) is 0 Å². The van der Waals surface area contributed by atoms with Crippen molar-refractivity contribution in [3.8, 4) is 5.75 Å². The lowest BCUT2D eigenvalue weighted by Crippen LogP contribution is -1.85. The number of rotatable bonds is 5. The first-order valence-corrected chi connectivity index (χ1v) is 7.04. The zero-order valence-electron chi connectivity index (χ0n) is 11.3. The molecule has 18 heavy (non-hydrogen) atoms. The molecule has 0 atom stereocenters. The third-order valence-corrected chi connectivity index (χ3v) is 3.30. The van der Waals surface area contributed by atoms with Gasteiger partial charge in [0.25, 0.3) is 0 Å². The molecule has 0 saturated heterocycles. The summed E-state index contributed by atoms with van der Waals surface area (Å²) >= 11 is 3.42. The summed E-state index contributed by atoms with van der Waals surface area (Å²) in [6.45, 7) is 6.39. The van der Waals surface area contributed by atoms with E-state index in [1.165, 1.54) is 11.1 Å². The second kappa shape index (κ2) is 7.42. The van der Waals surface area contributed by atoms with Crippen molar-refractivity contribution in [2.75, 3.05) is 0 Å². The molecule has 0 amide bonds. The third-order valence-electron chi connectivity index (χ3n) is 2.80. The predicted octanol–water partition coefficient (Wildman–Crippen LogP) is 5.39. The zero-order valence-corrected chi connectivity index (χ0v) is 12.9. The molecule has 0 spiro atoms. The summed E-state index contributed by atoms with van der Waals surface area (Å²) in [5.74, 6) is 0.367. The van der Waals surface area contributed by atoms with Crippen molar-refractivity contribution < 1.29 is 5.11 Å². The first kappa shape index (κ1) is 15.0. The standard InChI is InChI=1S/C16H21BrO/c1-12(2)5-4-6-13(3)7-8-14-11-15(17)9-10-16(14)18/h5,7,9-11,18H,4,6,8H2,1-3H3/b13-7+. The fourth-order valence-corrected chi connectivity index (χ4v) is 2.10. The molecule has 0 unspecified atom stereocenters. The summed E-state index contributed by atoms with van der Waals surface area (Å²) in [5, 5.41) is 9.74. The van der Waals surface area contributed by atoms with E-state index in [4.69, 9.17) is 0 Å². The van der Waals surface area contributed by atoms with Gasteiger partial charge in [0.15, 0.2) is 0 Å². The zero-order chi connectivity index (χ0) is 13.5. The molecular weight excluding hydrogens is 288 g/mol. The Labute approximate surface area is 118 Å². The van der Waals surface area contributed by atoms with Crippen LogP contribution in [0, 0.1) is 0 Å². The molecule has 0 radical (unpaired) electrons. The number of halogens is 1. The van der Waals surface area contributed by atoms with Crippen LogP contribution in [0.4, 0.5) is 0 Å². The highest BCUT2D eigenvalue weighted by molar-refractivity contribution is 9.10. The normalized spacial score (nSPS) is 11.4. The lowest BCUT2D eigenvalue weighted by atomic mass is 10.1. The minimum absolute atomic E-state index is 0.367. The van der Waals surface area contributed by atoms with Gasteiger partial charge >= 0.3 is 0 Å². The summed E-state index contributed by atoms with van der Waals surface area (Å²) in [7, 11) is 0. The molecule has 1 aromatic rings. The molecule has 0 saturated carbocycles. The Balaban J connectivity index is 2.57. The molecule has 2 heteroatoms. The Morgan fingerprint density at radius 2 is 1.94 bits per heavy atom. The summed E-state index contributed by atoms with van der Waals surface area (Å²) < 4.78 is 1.01. The minimum atomic E-state index is 0.367. The van der Waals surface area contributed by atoms with E-state index in [0.29, 0.717) is 5.75 Å². The largest absolute Gasteiger partial charge is 0.508 e. The number of phenolic OH excluding ortho intramolecular Hbond substituents is 1. The van der Waals surface area contributed by atoms with Crippen LogP contribution < -0.4 is 0 Å². The monoisotopic (exact) mass is 308 g/mol. The highest BCUT2D eigenvalue weighted by Crippen LogP contribution is 2.23. The van der Waals surface area contributed by atoms with Crippen LogP contribution in [0.15, 0.2) is 46.0 Å². The van der Waals surface area contributed by atoms with Crippen LogP contribution >= 0.6 is 15.9 Å². The van der Waals surface area contributed by atoms with Gasteiger partial charge in [0.1, 0.15) is 5.75 Å². The highest BCUT2D eigenvalue weighted by Gasteiger charge is 2.00. The van der Waals surface area contributed by atoms with Gasteiger partial charge in [0.2, 0.25) is 0 Å². The van der Waals surface area contributed by atoms with Crippen LogP contribution in [0.25, 0.3) is 0 Å². The first-order valence-electron chi connectivity index (χ1n) is 6.25. The van der Waals surface area contributed by atoms with Gasteiger partial charge in [-0.3, -0.25) is 0 Å². The highest BCUT2D eigenvalue weighted by atomic mass is 79.9. The Hall–Kier alpha value is -1.02. The number of aromatic hydroxyl groups is 1. The SMILES string of the molecule is CC(C)=CCC/C(C)=C/Cc1cc(Br)ccc1O. The van der Waals surface area contributed by atoms with Crippen molar-refractivity contribution in [3.05, 3.63) is 51.5 Å². The topological polar surface area (TPSA) is 20.2 Å². The van der Waals surface area contributed by atoms with Gasteiger partial charge in [-0.15, -0.1) is 0 Å². The molecule has 0 aromatic heterocycles. The van der Waals surface area contributed by atoms with Crippen LogP contribution in [-0.2, 0) is 6.42 Å². The molecule has 0 bridgehead atoms. The number of hydrogen-bond acceptors (Lipinski definition) is 1. The molecule has 98 valence electrons. The number of phenols is 1. The molecule has 0 heterocycles. The quantitative estimate of drug-likeness (QED) is 0.723. The van der Waals surface area contributed by atoms with E-state index < -0.39 is 0 Å². The van der Waals surface area contributed by atoms with Gasteiger partial charge in [-0.2, -0.15) is 0 Å². The predicted molar refractivity (Wildman–Crippen MR) is 81.9 cm³/mol. The maximum atomic E-state index is 9.74. The van der Waals surface area contributed by atoms with E-state index in [1.807, 2.05) is 12.1 Å². The van der Waals surface area contributed by atoms with Crippen molar-refractivity contribution in [1.82, 2.24) is 0 Å². The van der Waals surface area contributed by atoms with Crippen LogP contribution in [0.5, 0.6) is 5.75 Å². The maximum absolute atomic E-state index is 9.74. The lowest BCUT2D eigenvalue weighted by Gasteiger charge is -2.04. The Kier molecular flexibility index (Phi) is 6.20. The Morgan fingerprint density at radius 1 is 1.22 bits per heavy atom. The number of allylic oxidation sites excluding steroid dienone is 4. The van der Waals surface area contributed by atoms with E-state index in [2.05, 4.69) is 48.9 Å². The average molecular weight is 309 g/mol. The van der Waals surface area contributed by atoms with E-state index in [1.54, 1.807) is 6.07 Å². The van der Waals surface area contributed by atoms with Crippen molar-refractivity contribution in [2.45, 2.75) is 40.0 Å². The summed E-state index contributed by atoms with van der Waals surface area (Å²) in [6.07, 6.45) is 7.41. The molecule has 1 aromatic carbocycles. The van der Waals surface area contributed by atoms with E-state index in [-0.39, 0.29) is 0 Å². The molecule has 1 N–H and O–H groups in total. The van der Waals surface area contributed by atoms with Crippen LogP contribution in [0.1, 0.15) is 39.2 Å². The molecule has 0 aliphatic rings. The van der Waals surface area contributed by atoms with Crippen molar-refractivity contribution in [1.29, 1.82) is 0 Å². The van der Waals surface area contributed by atoms with Gasteiger partial charge < -0.3 is 5.11 Å². The second-order valence-electron chi connectivity index (χ2n) is 4.85. The maximum Gasteiger partial charge on any atom is 0.119 e. The molecule has 0 fully saturated rings. The van der Waals surface area contributed by atoms with E-state index >= 15 is 0 Å². The summed E-state index contributed by atoms with van der Waals surface area (Å²) in [4.78, 5) is 0. The number of benzene rings is 1. The lowest BCUT2D eigenvalue weighted by molar-refractivity contribution is 0.469. The second-order valence-corrected chi connectivity index (χ2v) is 5.76. The summed E-state index contributed by atoms with van der Waals surface area (Å²) in [5.41, 5.74) is 3.70. The molecule has 1 nitrogen and oxygen atoms in total. The Morgan fingerprint density at radius 3 is 2.61 bits per heavy atom. The van der Waals surface area contributed by atoms with E-state index in [9.17, 15) is 5.11 Å². The first-order chi connectivity index (χ1) is 8.49. The minimum Gasteiger partial charge on any atom is -0.508 e. The fraction of sp³-hybridized carbons (Fsp3) is 0.375. The van der Waals surface area contributed by atoms with Crippen LogP contribution in [0.3, 0.4) is 0 Å². The van der Waals surface area contributed by atoms with Gasteiger partial charge in [0, 0.05) is 4.47 Å². The smallest absolute Gasteiger partial charge is 0.119 e. The molecule has 0 aliphatic heterocycles. The van der Waals surface area contributed by atoms with Gasteiger partial charge in [0.05, 0.1) is 0 Å². The van der Waals surface area contributed by atoms with Crippen molar-refractivity contribution >= 4 is 15.9 Å². The molecular formula is C16H21BrO. The van der Waals surface area contributed by atoms with Crippen LogP contribution in [-0.4, -0.2) is 5.11 Å². The Bertz CT molecular complexity index is 454. The summed E-state index contributed by atoms with van der Waals surface area (Å²) in [6, 6.07) is 5.55. The van der Waals surface area contributed by atoms with Crippen molar-refractivity contribution in [3.63, 3.8) is 0 Å². The van der Waals surface area contributed by atoms with Gasteiger partial charge in [-0.1, -0.05) is 39.2 Å².